The average Bonchev–Trinajstić information content (AvgIpc) is 1.98. The first-order chi connectivity index (χ1) is 5.09. The molecule has 0 spiro atoms. The number of allylic oxidation sites excluding steroid dienone is 1. The summed E-state index contributed by atoms with van der Waals surface area (Å²) < 4.78 is 1.55. The van der Waals surface area contributed by atoms with E-state index in [1.54, 1.807) is 10.2 Å². The fraction of sp³-hybridized carbons (Fsp3) is 0.571. The molecule has 0 atom stereocenters. The molecule has 0 rings (SSSR count). The molecule has 2 nitrogen and oxygen atoms in total. The van der Waals surface area contributed by atoms with Crippen LogP contribution in [-0.4, -0.2) is 21.4 Å². The second kappa shape index (κ2) is 5.99. The van der Waals surface area contributed by atoms with E-state index < -0.39 is 0 Å². The molecule has 0 saturated heterocycles. The smallest absolute Gasteiger partial charge is 0.257 e. The Morgan fingerprint density at radius 1 is 1.73 bits per heavy atom. The number of carbonyl (C=O) groups is 1. The van der Waals surface area contributed by atoms with Gasteiger partial charge in [-0.25, -0.2) is 0 Å². The molecule has 11 heavy (non-hydrogen) atoms. The highest BCUT2D eigenvalue weighted by atomic mass is 127. The van der Waals surface area contributed by atoms with Crippen molar-refractivity contribution in [1.82, 2.24) is 3.11 Å². The summed E-state index contributed by atoms with van der Waals surface area (Å²) in [6.45, 7) is 1.83. The van der Waals surface area contributed by atoms with Gasteiger partial charge in [-0.1, -0.05) is 22.0 Å². The number of hydrogen-bond acceptors (Lipinski definition) is 1. The number of carbonyl (C=O) groups excluding carboxylic acids is 1. The first-order valence-electron chi connectivity index (χ1n) is 3.26. The fourth-order valence-corrected chi connectivity index (χ4v) is 1.21. The van der Waals surface area contributed by atoms with Crippen LogP contribution < -0.4 is 0 Å². The monoisotopic (exact) mass is 331 g/mol. The van der Waals surface area contributed by atoms with Gasteiger partial charge in [0.2, 0.25) is 0 Å². The van der Waals surface area contributed by atoms with E-state index in [4.69, 9.17) is 0 Å². The predicted octanol–water partition coefficient (Wildman–Crippen LogP) is 2.53. The van der Waals surface area contributed by atoms with E-state index in [1.807, 2.05) is 35.9 Å². The molecule has 0 saturated carbocycles. The predicted molar refractivity (Wildman–Crippen MR) is 59.0 cm³/mol. The maximum atomic E-state index is 11.2. The van der Waals surface area contributed by atoms with E-state index >= 15 is 0 Å². The second-order valence-electron chi connectivity index (χ2n) is 2.15. The molecule has 0 radical (unpaired) electrons. The molecule has 0 N–H and O–H groups in total. The minimum atomic E-state index is 0.0755. The summed E-state index contributed by atoms with van der Waals surface area (Å²) in [6, 6.07) is 0. The van der Waals surface area contributed by atoms with E-state index in [-0.39, 0.29) is 5.91 Å². The summed E-state index contributed by atoms with van der Waals surface area (Å²) >= 11 is 5.26. The molecular formula is C7H11BrINO. The van der Waals surface area contributed by atoms with Crippen LogP contribution in [0.25, 0.3) is 0 Å². The van der Waals surface area contributed by atoms with E-state index in [0.717, 1.165) is 17.3 Å². The first kappa shape index (κ1) is 11.4. The molecule has 0 fully saturated rings. The largest absolute Gasteiger partial charge is 0.284 e. The third kappa shape index (κ3) is 4.79. The van der Waals surface area contributed by atoms with Crippen LogP contribution in [0, 0.1) is 0 Å². The first-order valence-corrected chi connectivity index (χ1v) is 5.34. The van der Waals surface area contributed by atoms with E-state index in [1.165, 1.54) is 0 Å². The van der Waals surface area contributed by atoms with Crippen molar-refractivity contribution < 1.29 is 4.79 Å². The third-order valence-corrected chi connectivity index (χ3v) is 2.07. The van der Waals surface area contributed by atoms with E-state index in [2.05, 4.69) is 15.9 Å². The lowest BCUT2D eigenvalue weighted by Gasteiger charge is -2.06. The average molecular weight is 332 g/mol. The van der Waals surface area contributed by atoms with Crippen LogP contribution in [0.1, 0.15) is 13.3 Å². The van der Waals surface area contributed by atoms with Crippen LogP contribution in [-0.2, 0) is 4.79 Å². The molecule has 4 heteroatoms. The molecule has 0 aliphatic rings. The summed E-state index contributed by atoms with van der Waals surface area (Å²) in [5, 5.41) is 0.905. The van der Waals surface area contributed by atoms with Gasteiger partial charge in [0.15, 0.2) is 0 Å². The molecule has 0 bridgehead atoms. The molecule has 0 heterocycles. The Labute approximate surface area is 89.6 Å². The van der Waals surface area contributed by atoms with Crippen molar-refractivity contribution in [3.05, 3.63) is 11.6 Å². The Morgan fingerprint density at radius 3 is 2.64 bits per heavy atom. The highest BCUT2D eigenvalue weighted by Gasteiger charge is 2.05. The number of rotatable bonds is 3. The quantitative estimate of drug-likeness (QED) is 0.337. The van der Waals surface area contributed by atoms with Gasteiger partial charge in [0.1, 0.15) is 0 Å². The summed E-state index contributed by atoms with van der Waals surface area (Å²) in [4.78, 5) is 11.2. The van der Waals surface area contributed by atoms with Crippen molar-refractivity contribution in [1.29, 1.82) is 0 Å². The SMILES string of the molecule is CC(=CCCBr)C(=O)N(C)I. The number of nitrogens with zero attached hydrogens (tertiary/aromatic N) is 1. The Balaban J connectivity index is 4.01. The second-order valence-corrected chi connectivity index (χ2v) is 4.39. The topological polar surface area (TPSA) is 20.3 Å². The molecule has 1 amide bonds. The molecule has 0 unspecified atom stereocenters. The summed E-state index contributed by atoms with van der Waals surface area (Å²) in [5.41, 5.74) is 0.807. The van der Waals surface area contributed by atoms with Gasteiger partial charge in [-0.05, 0) is 13.3 Å². The van der Waals surface area contributed by atoms with Gasteiger partial charge in [0.05, 0.1) is 22.9 Å². The van der Waals surface area contributed by atoms with Crippen LogP contribution in [0.2, 0.25) is 0 Å². The Morgan fingerprint density at radius 2 is 2.27 bits per heavy atom. The minimum absolute atomic E-state index is 0.0755. The Hall–Kier alpha value is 0.420. The van der Waals surface area contributed by atoms with Crippen molar-refractivity contribution in [2.24, 2.45) is 0 Å². The van der Waals surface area contributed by atoms with E-state index in [9.17, 15) is 4.79 Å². The Kier molecular flexibility index (Phi) is 6.22. The number of halogens is 2. The van der Waals surface area contributed by atoms with Gasteiger partial charge in [0.25, 0.3) is 5.91 Å². The van der Waals surface area contributed by atoms with Gasteiger partial charge in [-0.2, -0.15) is 0 Å². The maximum absolute atomic E-state index is 11.2. The fourth-order valence-electron chi connectivity index (χ4n) is 0.601. The van der Waals surface area contributed by atoms with Crippen molar-refractivity contribution in [2.75, 3.05) is 12.4 Å². The van der Waals surface area contributed by atoms with Crippen LogP contribution in [0.3, 0.4) is 0 Å². The van der Waals surface area contributed by atoms with Crippen LogP contribution >= 0.6 is 38.8 Å². The number of alkyl halides is 1. The van der Waals surface area contributed by atoms with Crippen molar-refractivity contribution in [3.63, 3.8) is 0 Å². The lowest BCUT2D eigenvalue weighted by atomic mass is 10.2. The van der Waals surface area contributed by atoms with E-state index in [0.29, 0.717) is 0 Å². The Bertz CT molecular complexity index is 168. The summed E-state index contributed by atoms with van der Waals surface area (Å²) in [6.07, 6.45) is 2.84. The molecular weight excluding hydrogens is 321 g/mol. The van der Waals surface area contributed by atoms with Crippen LogP contribution in [0.4, 0.5) is 0 Å². The molecule has 0 aromatic heterocycles. The number of hydrogen-bond donors (Lipinski definition) is 0. The summed E-state index contributed by atoms with van der Waals surface area (Å²) in [5.74, 6) is 0.0755. The van der Waals surface area contributed by atoms with Gasteiger partial charge < -0.3 is 0 Å². The zero-order valence-corrected chi connectivity index (χ0v) is 10.3. The zero-order valence-electron chi connectivity index (χ0n) is 6.60. The van der Waals surface area contributed by atoms with Crippen LogP contribution in [0.15, 0.2) is 11.6 Å². The maximum Gasteiger partial charge on any atom is 0.257 e. The zero-order chi connectivity index (χ0) is 8.85. The van der Waals surface area contributed by atoms with Crippen molar-refractivity contribution in [3.8, 4) is 0 Å². The third-order valence-electron chi connectivity index (χ3n) is 1.18. The van der Waals surface area contributed by atoms with Gasteiger partial charge in [-0.3, -0.25) is 7.91 Å². The highest BCUT2D eigenvalue weighted by Crippen LogP contribution is 2.05. The van der Waals surface area contributed by atoms with Gasteiger partial charge >= 0.3 is 0 Å². The molecule has 0 aliphatic heterocycles. The molecule has 0 aliphatic carbocycles. The molecule has 0 aromatic rings. The highest BCUT2D eigenvalue weighted by molar-refractivity contribution is 14.1. The van der Waals surface area contributed by atoms with Gasteiger partial charge in [0, 0.05) is 18.0 Å². The lowest BCUT2D eigenvalue weighted by Crippen LogP contribution is -2.16. The minimum Gasteiger partial charge on any atom is -0.284 e. The van der Waals surface area contributed by atoms with Crippen molar-refractivity contribution in [2.45, 2.75) is 13.3 Å². The summed E-state index contributed by atoms with van der Waals surface area (Å²) in [7, 11) is 1.74. The van der Waals surface area contributed by atoms with Crippen molar-refractivity contribution >= 4 is 44.7 Å². The van der Waals surface area contributed by atoms with Gasteiger partial charge in [-0.15, -0.1) is 0 Å². The lowest BCUT2D eigenvalue weighted by molar-refractivity contribution is -0.120. The standard InChI is InChI=1S/C7H11BrINO/c1-6(4-3-5-8)7(11)10(2)9/h4H,3,5H2,1-2H3. The number of likely N-dealkylation sites (N-methyl/N-ethyl adjacent to an activating group) is 1. The normalized spacial score (nSPS) is 11.5. The molecule has 0 aromatic carbocycles. The van der Waals surface area contributed by atoms with Crippen LogP contribution in [0.5, 0.6) is 0 Å². The number of amides is 1. The molecule has 64 valence electrons.